The maximum absolute atomic E-state index is 14.5. The highest BCUT2D eigenvalue weighted by Crippen LogP contribution is 2.39. The molecule has 1 aliphatic carbocycles. The molecule has 3 N–H and O–H groups in total. The third-order valence-electron chi connectivity index (χ3n) is 6.27. The van der Waals surface area contributed by atoms with Crippen molar-refractivity contribution in [3.8, 4) is 16.3 Å². The van der Waals surface area contributed by atoms with Crippen molar-refractivity contribution in [2.75, 3.05) is 36.5 Å². The smallest absolute Gasteiger partial charge is 0.320 e. The molecule has 2 aromatic rings. The Bertz CT molecular complexity index is 1020. The van der Waals surface area contributed by atoms with E-state index in [0.29, 0.717) is 35.3 Å². The quantitative estimate of drug-likeness (QED) is 0.637. The molecule has 0 unspecified atom stereocenters. The van der Waals surface area contributed by atoms with Crippen molar-refractivity contribution in [2.45, 2.75) is 38.1 Å². The van der Waals surface area contributed by atoms with E-state index in [1.807, 2.05) is 12.1 Å². The molecular weight excluding hydrogens is 433 g/mol. The number of piperidine rings is 1. The number of carbonyl (C=O) groups is 2. The van der Waals surface area contributed by atoms with Crippen LogP contribution in [0.5, 0.6) is 5.75 Å². The standard InChI is InChI=1S/C22H26FN5O3S/c23-19-20(27-22(30)25-15-5-2-8-24-10-15)26-21(32-19)14-6-7-16-17(9-14)31-12-18(29)28(16)11-13-3-1-4-13/h6-7,9,13,15,24H,1-5,8,10-12H2,(H2,25,27,30)/t15-/m0/s1. The number of urea groups is 1. The van der Waals surface area contributed by atoms with Crippen LogP contribution in [0.2, 0.25) is 0 Å². The Morgan fingerprint density at radius 2 is 2.19 bits per heavy atom. The first-order valence-corrected chi connectivity index (χ1v) is 11.9. The lowest BCUT2D eigenvalue weighted by atomic mass is 9.85. The lowest BCUT2D eigenvalue weighted by Gasteiger charge is -2.35. The molecule has 32 heavy (non-hydrogen) atoms. The highest BCUT2D eigenvalue weighted by molar-refractivity contribution is 7.13. The number of hydrogen-bond donors (Lipinski definition) is 3. The number of halogens is 1. The van der Waals surface area contributed by atoms with Crippen LogP contribution in [0.3, 0.4) is 0 Å². The molecule has 170 valence electrons. The van der Waals surface area contributed by atoms with Crippen LogP contribution >= 0.6 is 11.3 Å². The van der Waals surface area contributed by atoms with Gasteiger partial charge in [-0.25, -0.2) is 9.78 Å². The highest BCUT2D eigenvalue weighted by Gasteiger charge is 2.30. The number of carbonyl (C=O) groups excluding carboxylic acids is 2. The number of nitrogens with one attached hydrogen (secondary N) is 3. The minimum Gasteiger partial charge on any atom is -0.482 e. The molecule has 10 heteroatoms. The van der Waals surface area contributed by atoms with Crippen molar-refractivity contribution in [1.29, 1.82) is 0 Å². The SMILES string of the molecule is O=C(Nc1nc(-c2ccc3c(c2)OCC(=O)N3CC2CCC2)sc1F)N[C@H]1CCCNC1. The van der Waals surface area contributed by atoms with Crippen molar-refractivity contribution in [1.82, 2.24) is 15.6 Å². The molecule has 1 saturated heterocycles. The summed E-state index contributed by atoms with van der Waals surface area (Å²) in [6.45, 7) is 2.35. The molecule has 1 aromatic carbocycles. The number of aromatic nitrogens is 1. The zero-order valence-corrected chi connectivity index (χ0v) is 18.5. The number of nitrogens with zero attached hydrogens (tertiary/aromatic N) is 2. The second kappa shape index (κ2) is 9.03. The van der Waals surface area contributed by atoms with Crippen molar-refractivity contribution in [2.24, 2.45) is 5.92 Å². The highest BCUT2D eigenvalue weighted by atomic mass is 32.1. The maximum Gasteiger partial charge on any atom is 0.320 e. The van der Waals surface area contributed by atoms with E-state index in [4.69, 9.17) is 4.74 Å². The summed E-state index contributed by atoms with van der Waals surface area (Å²) in [5, 5.41) is 8.47. The van der Waals surface area contributed by atoms with Gasteiger partial charge in [-0.15, -0.1) is 0 Å². The Morgan fingerprint density at radius 3 is 2.94 bits per heavy atom. The van der Waals surface area contributed by atoms with Gasteiger partial charge in [-0.2, -0.15) is 4.39 Å². The van der Waals surface area contributed by atoms with Gasteiger partial charge in [0.25, 0.3) is 5.91 Å². The first-order chi connectivity index (χ1) is 15.6. The number of fused-ring (bicyclic) bond motifs is 1. The number of amides is 3. The van der Waals surface area contributed by atoms with Crippen LogP contribution in [-0.4, -0.2) is 49.2 Å². The van der Waals surface area contributed by atoms with Crippen LogP contribution < -0.4 is 25.6 Å². The molecule has 1 aromatic heterocycles. The number of hydrogen-bond acceptors (Lipinski definition) is 6. The van der Waals surface area contributed by atoms with Crippen molar-refractivity contribution in [3.05, 3.63) is 23.3 Å². The topological polar surface area (TPSA) is 95.6 Å². The summed E-state index contributed by atoms with van der Waals surface area (Å²) >= 11 is 0.862. The number of rotatable bonds is 5. The normalized spacial score (nSPS) is 20.8. The van der Waals surface area contributed by atoms with E-state index < -0.39 is 11.2 Å². The Hall–Kier alpha value is -2.72. The lowest BCUT2D eigenvalue weighted by molar-refractivity contribution is -0.121. The summed E-state index contributed by atoms with van der Waals surface area (Å²) in [4.78, 5) is 30.7. The summed E-state index contributed by atoms with van der Waals surface area (Å²) in [6.07, 6.45) is 5.40. The maximum atomic E-state index is 14.5. The largest absolute Gasteiger partial charge is 0.482 e. The van der Waals surface area contributed by atoms with Gasteiger partial charge in [-0.1, -0.05) is 17.8 Å². The molecule has 5 rings (SSSR count). The van der Waals surface area contributed by atoms with E-state index in [1.54, 1.807) is 11.0 Å². The molecule has 0 radical (unpaired) electrons. The fourth-order valence-corrected chi connectivity index (χ4v) is 5.02. The monoisotopic (exact) mass is 459 g/mol. The van der Waals surface area contributed by atoms with Crippen LogP contribution in [0, 0.1) is 11.0 Å². The third-order valence-corrected chi connectivity index (χ3v) is 7.16. The van der Waals surface area contributed by atoms with E-state index in [0.717, 1.165) is 49.3 Å². The Balaban J connectivity index is 1.30. The molecule has 2 fully saturated rings. The number of benzene rings is 1. The van der Waals surface area contributed by atoms with E-state index in [9.17, 15) is 14.0 Å². The lowest BCUT2D eigenvalue weighted by Crippen LogP contribution is -2.47. The van der Waals surface area contributed by atoms with Gasteiger partial charge in [0.05, 0.1) is 5.69 Å². The Labute approximate surface area is 189 Å². The summed E-state index contributed by atoms with van der Waals surface area (Å²) in [5.41, 5.74) is 1.42. The molecule has 0 spiro atoms. The van der Waals surface area contributed by atoms with Gasteiger partial charge in [0.2, 0.25) is 5.13 Å². The molecule has 1 atom stereocenters. The van der Waals surface area contributed by atoms with E-state index in [-0.39, 0.29) is 24.4 Å². The molecule has 3 aliphatic rings. The fourth-order valence-electron chi connectivity index (χ4n) is 4.28. The molecule has 0 bridgehead atoms. The van der Waals surface area contributed by atoms with Crippen LogP contribution in [0.25, 0.3) is 10.6 Å². The summed E-state index contributed by atoms with van der Waals surface area (Å²) < 4.78 is 20.1. The number of ether oxygens (including phenoxy) is 1. The average Bonchev–Trinajstić information content (AvgIpc) is 3.12. The Kier molecular flexibility index (Phi) is 5.97. The van der Waals surface area contributed by atoms with E-state index in [1.165, 1.54) is 6.42 Å². The van der Waals surface area contributed by atoms with Gasteiger partial charge in [-0.05, 0) is 56.3 Å². The van der Waals surface area contributed by atoms with Crippen molar-refractivity contribution >= 4 is 34.8 Å². The molecule has 8 nitrogen and oxygen atoms in total. The Morgan fingerprint density at radius 1 is 1.31 bits per heavy atom. The second-order valence-electron chi connectivity index (χ2n) is 8.56. The molecule has 3 amide bonds. The van der Waals surface area contributed by atoms with Gasteiger partial charge >= 0.3 is 6.03 Å². The average molecular weight is 460 g/mol. The minimum absolute atomic E-state index is 0.00158. The van der Waals surface area contributed by atoms with E-state index in [2.05, 4.69) is 20.9 Å². The molecule has 1 saturated carbocycles. The van der Waals surface area contributed by atoms with Crippen LogP contribution in [0.1, 0.15) is 32.1 Å². The summed E-state index contributed by atoms with van der Waals surface area (Å²) in [7, 11) is 0. The molecule has 2 aliphatic heterocycles. The second-order valence-corrected chi connectivity index (χ2v) is 9.50. The molecular formula is C22H26FN5O3S. The van der Waals surface area contributed by atoms with Gasteiger partial charge in [-0.3, -0.25) is 10.1 Å². The van der Waals surface area contributed by atoms with Crippen molar-refractivity contribution in [3.63, 3.8) is 0 Å². The van der Waals surface area contributed by atoms with Gasteiger partial charge in [0.1, 0.15) is 10.8 Å². The zero-order chi connectivity index (χ0) is 22.1. The molecule has 3 heterocycles. The zero-order valence-electron chi connectivity index (χ0n) is 17.7. The predicted molar refractivity (Wildman–Crippen MR) is 121 cm³/mol. The summed E-state index contributed by atoms with van der Waals surface area (Å²) in [6, 6.07) is 4.98. The number of thiazole rings is 1. The predicted octanol–water partition coefficient (Wildman–Crippen LogP) is 3.35. The van der Waals surface area contributed by atoms with Crippen molar-refractivity contribution < 1.29 is 18.7 Å². The van der Waals surface area contributed by atoms with Crippen LogP contribution in [0.4, 0.5) is 20.7 Å². The number of anilines is 2. The first kappa shape index (κ1) is 21.1. The third kappa shape index (κ3) is 4.42. The fraction of sp³-hybridized carbons (Fsp3) is 0.500. The summed E-state index contributed by atoms with van der Waals surface area (Å²) in [5.74, 6) is 1.01. The van der Waals surface area contributed by atoms with Crippen LogP contribution in [-0.2, 0) is 4.79 Å². The van der Waals surface area contributed by atoms with Gasteiger partial charge in [0.15, 0.2) is 12.4 Å². The van der Waals surface area contributed by atoms with Gasteiger partial charge in [0, 0.05) is 24.7 Å². The van der Waals surface area contributed by atoms with Gasteiger partial charge < -0.3 is 20.3 Å². The van der Waals surface area contributed by atoms with Crippen LogP contribution in [0.15, 0.2) is 18.2 Å². The minimum atomic E-state index is -0.558. The first-order valence-electron chi connectivity index (χ1n) is 11.1. The van der Waals surface area contributed by atoms with E-state index >= 15 is 0 Å².